The van der Waals surface area contributed by atoms with Gasteiger partial charge in [0.25, 0.3) is 0 Å². The zero-order valence-electron chi connectivity index (χ0n) is 17.7. The van der Waals surface area contributed by atoms with Gasteiger partial charge in [-0.15, -0.1) is 0 Å². The van der Waals surface area contributed by atoms with Gasteiger partial charge in [0.05, 0.1) is 12.8 Å². The van der Waals surface area contributed by atoms with Crippen molar-refractivity contribution in [2.24, 2.45) is 11.5 Å². The van der Waals surface area contributed by atoms with E-state index in [1.807, 2.05) is 12.2 Å². The number of nitrogens with two attached hydrogens (primary N) is 2. The second kappa shape index (κ2) is 8.73. The molecule has 0 aromatic rings. The zero-order chi connectivity index (χ0) is 22.7. The van der Waals surface area contributed by atoms with Crippen LogP contribution < -0.4 is 22.1 Å². The van der Waals surface area contributed by atoms with Crippen molar-refractivity contribution >= 4 is 23.4 Å². The van der Waals surface area contributed by atoms with Crippen molar-refractivity contribution in [1.29, 1.82) is 0 Å². The summed E-state index contributed by atoms with van der Waals surface area (Å²) >= 11 is 0. The number of carbonyl (C=O) groups excluding carboxylic acids is 4. The number of nitrogens with one attached hydrogen (secondary N) is 2. The van der Waals surface area contributed by atoms with E-state index in [2.05, 4.69) is 10.6 Å². The molecule has 0 radical (unpaired) electrons. The van der Waals surface area contributed by atoms with Gasteiger partial charge in [-0.25, -0.2) is 0 Å². The molecule has 160 valence electrons. The van der Waals surface area contributed by atoms with E-state index in [0.29, 0.717) is 11.1 Å². The van der Waals surface area contributed by atoms with Crippen LogP contribution in [0.1, 0.15) is 40.5 Å². The van der Waals surface area contributed by atoms with E-state index in [4.69, 9.17) is 11.5 Å². The minimum Gasteiger partial charge on any atom is -0.331 e. The van der Waals surface area contributed by atoms with Crippen molar-refractivity contribution in [3.8, 4) is 0 Å². The molecule has 0 saturated carbocycles. The van der Waals surface area contributed by atoms with Gasteiger partial charge in [-0.05, 0) is 62.1 Å². The molecule has 2 atom stereocenters. The topological polar surface area (TPSA) is 144 Å². The fourth-order valence-electron chi connectivity index (χ4n) is 3.15. The predicted molar refractivity (Wildman–Crippen MR) is 114 cm³/mol. The Morgan fingerprint density at radius 2 is 1.10 bits per heavy atom. The van der Waals surface area contributed by atoms with Crippen LogP contribution in [-0.2, 0) is 19.2 Å². The minimum atomic E-state index is -1.17. The smallest absolute Gasteiger partial charge is 0.229 e. The number of amides is 2. The summed E-state index contributed by atoms with van der Waals surface area (Å²) in [4.78, 5) is 46.2. The molecule has 0 bridgehead atoms. The molecule has 0 aromatic heterocycles. The van der Waals surface area contributed by atoms with Crippen molar-refractivity contribution in [1.82, 2.24) is 10.6 Å². The van der Waals surface area contributed by atoms with Gasteiger partial charge in [-0.3, -0.25) is 19.2 Å². The van der Waals surface area contributed by atoms with Crippen LogP contribution in [0.2, 0.25) is 0 Å². The van der Waals surface area contributed by atoms with E-state index in [0.717, 1.165) is 11.1 Å². The van der Waals surface area contributed by atoms with Crippen LogP contribution in [0.15, 0.2) is 58.7 Å². The first-order chi connectivity index (χ1) is 13.8. The van der Waals surface area contributed by atoms with Crippen LogP contribution in [0.4, 0.5) is 0 Å². The van der Waals surface area contributed by atoms with Crippen LogP contribution >= 0.6 is 0 Å². The number of allylic oxidation sites excluding steroid dienone is 6. The molecule has 8 heteroatoms. The molecule has 30 heavy (non-hydrogen) atoms. The summed E-state index contributed by atoms with van der Waals surface area (Å²) in [5.41, 5.74) is 13.3. The van der Waals surface area contributed by atoms with Gasteiger partial charge in [0.15, 0.2) is 0 Å². The van der Waals surface area contributed by atoms with Gasteiger partial charge in [0, 0.05) is 0 Å². The Morgan fingerprint density at radius 3 is 1.37 bits per heavy atom. The third kappa shape index (κ3) is 5.49. The zero-order valence-corrected chi connectivity index (χ0v) is 17.7. The molecule has 0 aliphatic heterocycles. The Labute approximate surface area is 175 Å². The minimum absolute atomic E-state index is 0.230. The lowest BCUT2D eigenvalue weighted by Gasteiger charge is -2.33. The molecule has 6 N–H and O–H groups in total. The normalized spacial score (nSPS) is 27.8. The summed E-state index contributed by atoms with van der Waals surface area (Å²) < 4.78 is 0. The monoisotopic (exact) mass is 412 g/mol. The van der Waals surface area contributed by atoms with E-state index in [9.17, 15) is 19.2 Å². The number of ketones is 2. The molecule has 0 fully saturated rings. The highest BCUT2D eigenvalue weighted by molar-refractivity contribution is 5.98. The van der Waals surface area contributed by atoms with Gasteiger partial charge in [0.2, 0.25) is 11.8 Å². The lowest BCUT2D eigenvalue weighted by Crippen LogP contribution is -2.56. The summed E-state index contributed by atoms with van der Waals surface area (Å²) in [7, 11) is 0. The number of hydrogen-bond donors (Lipinski definition) is 4. The van der Waals surface area contributed by atoms with Crippen molar-refractivity contribution in [2.75, 3.05) is 0 Å². The molecule has 0 aromatic carbocycles. The highest BCUT2D eigenvalue weighted by Gasteiger charge is 2.31. The highest BCUT2D eigenvalue weighted by Crippen LogP contribution is 2.29. The molecule has 2 unspecified atom stereocenters. The van der Waals surface area contributed by atoms with Crippen molar-refractivity contribution in [3.63, 3.8) is 0 Å². The average Bonchev–Trinajstić information content (AvgIpc) is 2.58. The van der Waals surface area contributed by atoms with Gasteiger partial charge >= 0.3 is 0 Å². The molecule has 0 saturated heterocycles. The molecular formula is C22H28N4O4. The van der Waals surface area contributed by atoms with E-state index in [1.165, 1.54) is 13.8 Å². The molecular weight excluding hydrogens is 384 g/mol. The van der Waals surface area contributed by atoms with Crippen LogP contribution in [-0.4, -0.2) is 34.7 Å². The summed E-state index contributed by atoms with van der Waals surface area (Å²) in [6.45, 7) is 6.26. The van der Waals surface area contributed by atoms with Crippen LogP contribution in [0.3, 0.4) is 0 Å². The van der Waals surface area contributed by atoms with Crippen molar-refractivity contribution in [2.45, 2.75) is 51.9 Å². The second-order valence-electron chi connectivity index (χ2n) is 7.82. The Balaban J connectivity index is 2.22. The maximum Gasteiger partial charge on any atom is 0.229 e. The largest absolute Gasteiger partial charge is 0.331 e. The van der Waals surface area contributed by atoms with E-state index in [-0.39, 0.29) is 24.4 Å². The van der Waals surface area contributed by atoms with Gasteiger partial charge in [-0.1, -0.05) is 24.3 Å². The predicted octanol–water partition coefficient (Wildman–Crippen LogP) is 0.816. The third-order valence-electron chi connectivity index (χ3n) is 4.95. The first-order valence-electron chi connectivity index (χ1n) is 9.53. The molecule has 0 spiro atoms. The number of Topliss-reactive ketones (excluding diaryl/α,β-unsaturated/α-hetero) is 2. The highest BCUT2D eigenvalue weighted by atomic mass is 16.2. The number of hydrogen-bond acceptors (Lipinski definition) is 6. The first kappa shape index (κ1) is 23.2. The number of carbonyl (C=O) groups is 4. The van der Waals surface area contributed by atoms with Gasteiger partial charge < -0.3 is 22.1 Å². The summed E-state index contributed by atoms with van der Waals surface area (Å²) in [6, 6.07) is 0. The number of rotatable bonds is 6. The average molecular weight is 412 g/mol. The van der Waals surface area contributed by atoms with E-state index >= 15 is 0 Å². The Hall–Kier alpha value is -3.10. The SMILES string of the molecule is CC(=O)CC(=O)NC1(N)C=C/C(=C2\C=CC(N)(NC(=O)CC(C)=O)C(C)=C2)C=C1C. The summed E-state index contributed by atoms with van der Waals surface area (Å²) in [5, 5.41) is 5.34. The molecule has 2 aliphatic rings. The van der Waals surface area contributed by atoms with Crippen LogP contribution in [0, 0.1) is 0 Å². The van der Waals surface area contributed by atoms with Crippen LogP contribution in [0.25, 0.3) is 0 Å². The maximum atomic E-state index is 11.9. The fraction of sp³-hybridized carbons (Fsp3) is 0.364. The second-order valence-corrected chi connectivity index (χ2v) is 7.82. The van der Waals surface area contributed by atoms with E-state index in [1.54, 1.807) is 38.2 Å². The first-order valence-corrected chi connectivity index (χ1v) is 9.53. The molecule has 2 amide bonds. The van der Waals surface area contributed by atoms with Crippen molar-refractivity contribution < 1.29 is 19.2 Å². The standard InChI is InChI=1S/C22H28N4O4/c1-13-9-17(5-7-21(13,23)25-19(29)11-15(3)27)18-6-8-22(24,14(2)10-18)26-20(30)12-16(4)28/h5-10H,11-12,23-24H2,1-4H3,(H,25,29)(H,26,30)/b18-17-. The summed E-state index contributed by atoms with van der Waals surface area (Å²) in [6.07, 6.45) is 10.1. The lowest BCUT2D eigenvalue weighted by atomic mass is 9.86. The summed E-state index contributed by atoms with van der Waals surface area (Å²) in [5.74, 6) is -1.37. The molecule has 0 heterocycles. The maximum absolute atomic E-state index is 11.9. The van der Waals surface area contributed by atoms with E-state index < -0.39 is 23.1 Å². The lowest BCUT2D eigenvalue weighted by molar-refractivity contribution is -0.129. The third-order valence-corrected chi connectivity index (χ3v) is 4.95. The quantitative estimate of drug-likeness (QED) is 0.375. The fourth-order valence-corrected chi connectivity index (χ4v) is 3.15. The molecule has 2 aliphatic carbocycles. The van der Waals surface area contributed by atoms with Crippen LogP contribution in [0.5, 0.6) is 0 Å². The van der Waals surface area contributed by atoms with Crippen molar-refractivity contribution in [3.05, 3.63) is 58.7 Å². The van der Waals surface area contributed by atoms with Gasteiger partial charge in [0.1, 0.15) is 22.9 Å². The van der Waals surface area contributed by atoms with Gasteiger partial charge in [-0.2, -0.15) is 0 Å². The molecule has 8 nitrogen and oxygen atoms in total. The Bertz CT molecular complexity index is 878. The molecule has 2 rings (SSSR count). The Kier molecular flexibility index (Phi) is 6.74. The Morgan fingerprint density at radius 1 is 0.767 bits per heavy atom.